The Hall–Kier alpha value is -2.41. The summed E-state index contributed by atoms with van der Waals surface area (Å²) < 4.78 is 23.3. The van der Waals surface area contributed by atoms with Gasteiger partial charge in [-0.3, -0.25) is 4.90 Å². The van der Waals surface area contributed by atoms with Crippen molar-refractivity contribution < 1.29 is 23.5 Å². The Kier molecular flexibility index (Phi) is 5.92. The predicted molar refractivity (Wildman–Crippen MR) is 85.6 cm³/mol. The molecule has 7 heteroatoms. The van der Waals surface area contributed by atoms with E-state index >= 15 is 0 Å². The summed E-state index contributed by atoms with van der Waals surface area (Å²) in [6.45, 7) is 4.27. The van der Waals surface area contributed by atoms with Crippen LogP contribution in [0.5, 0.6) is 0 Å². The van der Waals surface area contributed by atoms with Crippen LogP contribution in [-0.2, 0) is 14.3 Å². The van der Waals surface area contributed by atoms with Gasteiger partial charge in [0, 0.05) is 12.8 Å². The van der Waals surface area contributed by atoms with Gasteiger partial charge in [-0.15, -0.1) is 0 Å². The van der Waals surface area contributed by atoms with Crippen LogP contribution < -0.4 is 5.32 Å². The Labute approximate surface area is 140 Å². The van der Waals surface area contributed by atoms with Gasteiger partial charge in [0.05, 0.1) is 31.4 Å². The molecule has 0 aliphatic carbocycles. The lowest BCUT2D eigenvalue weighted by Crippen LogP contribution is -2.49. The van der Waals surface area contributed by atoms with Crippen molar-refractivity contribution in [1.82, 2.24) is 10.2 Å². The molecule has 2 rings (SSSR count). The molecule has 1 aromatic rings. The van der Waals surface area contributed by atoms with Crippen molar-refractivity contribution >= 4 is 12.0 Å². The number of hydrogen-bond donors (Lipinski definition) is 1. The lowest BCUT2D eigenvalue weighted by Gasteiger charge is -2.35. The van der Waals surface area contributed by atoms with Crippen LogP contribution >= 0.6 is 0 Å². The fourth-order valence-corrected chi connectivity index (χ4v) is 2.61. The molecule has 130 valence electrons. The summed E-state index contributed by atoms with van der Waals surface area (Å²) in [6, 6.07) is 4.63. The number of nitrogens with one attached hydrogen (secondary N) is 1. The molecule has 6 nitrogen and oxygen atoms in total. The molecule has 0 fully saturated rings. The quantitative estimate of drug-likeness (QED) is 0.810. The molecule has 0 spiro atoms. The van der Waals surface area contributed by atoms with E-state index < -0.39 is 12.0 Å². The van der Waals surface area contributed by atoms with Gasteiger partial charge < -0.3 is 14.8 Å². The third-order valence-electron chi connectivity index (χ3n) is 3.81. The molecule has 1 N–H and O–H groups in total. The van der Waals surface area contributed by atoms with Crippen molar-refractivity contribution in [2.24, 2.45) is 0 Å². The van der Waals surface area contributed by atoms with E-state index in [1.807, 2.05) is 0 Å². The minimum absolute atomic E-state index is 0.220. The molecule has 0 bridgehead atoms. The Morgan fingerprint density at radius 2 is 2.00 bits per heavy atom. The molecule has 1 aromatic carbocycles. The zero-order chi connectivity index (χ0) is 17.7. The summed E-state index contributed by atoms with van der Waals surface area (Å²) in [7, 11) is 1.54. The number of ether oxygens (including phenoxy) is 2. The molecule has 0 aromatic heterocycles. The molecule has 1 aliphatic rings. The number of amides is 2. The second-order valence-electron chi connectivity index (χ2n) is 5.30. The Bertz CT molecular complexity index is 642. The van der Waals surface area contributed by atoms with E-state index in [0.29, 0.717) is 30.0 Å². The molecular formula is C17H21FN2O4. The van der Waals surface area contributed by atoms with Gasteiger partial charge in [-0.25, -0.2) is 14.0 Å². The first-order valence-corrected chi connectivity index (χ1v) is 7.69. The van der Waals surface area contributed by atoms with Crippen LogP contribution in [0.2, 0.25) is 0 Å². The number of rotatable bonds is 6. The smallest absolute Gasteiger partial charge is 0.338 e. The van der Waals surface area contributed by atoms with Crippen molar-refractivity contribution in [3.05, 3.63) is 46.9 Å². The minimum Gasteiger partial charge on any atom is -0.463 e. The molecule has 0 saturated heterocycles. The zero-order valence-corrected chi connectivity index (χ0v) is 14.0. The zero-order valence-electron chi connectivity index (χ0n) is 14.0. The Morgan fingerprint density at radius 1 is 1.33 bits per heavy atom. The van der Waals surface area contributed by atoms with Crippen molar-refractivity contribution in [2.75, 3.05) is 26.9 Å². The monoisotopic (exact) mass is 336 g/mol. The number of esters is 1. The number of carbonyl (C=O) groups excluding carboxylic acids is 2. The summed E-state index contributed by atoms with van der Waals surface area (Å²) in [6.07, 6.45) is 0. The highest BCUT2D eigenvalue weighted by molar-refractivity contribution is 5.95. The first-order valence-electron chi connectivity index (χ1n) is 7.69. The van der Waals surface area contributed by atoms with Gasteiger partial charge in [0.1, 0.15) is 5.82 Å². The van der Waals surface area contributed by atoms with Gasteiger partial charge in [0.25, 0.3) is 0 Å². The molecule has 1 unspecified atom stereocenters. The number of nitrogens with zero attached hydrogens (tertiary/aromatic N) is 1. The normalized spacial score (nSPS) is 17.8. The van der Waals surface area contributed by atoms with Crippen molar-refractivity contribution in [1.29, 1.82) is 0 Å². The largest absolute Gasteiger partial charge is 0.463 e. The number of benzene rings is 1. The van der Waals surface area contributed by atoms with Crippen molar-refractivity contribution in [3.63, 3.8) is 0 Å². The fourth-order valence-electron chi connectivity index (χ4n) is 2.61. The van der Waals surface area contributed by atoms with Crippen LogP contribution in [0.15, 0.2) is 35.5 Å². The molecule has 24 heavy (non-hydrogen) atoms. The Morgan fingerprint density at radius 3 is 2.58 bits per heavy atom. The molecule has 0 radical (unpaired) electrons. The van der Waals surface area contributed by atoms with Gasteiger partial charge in [-0.1, -0.05) is 12.1 Å². The average molecular weight is 336 g/mol. The molecular weight excluding hydrogens is 315 g/mol. The van der Waals surface area contributed by atoms with Gasteiger partial charge in [-0.05, 0) is 31.5 Å². The maximum Gasteiger partial charge on any atom is 0.338 e. The summed E-state index contributed by atoms with van der Waals surface area (Å²) in [5, 5.41) is 2.78. The maximum atomic E-state index is 13.2. The average Bonchev–Trinajstić information content (AvgIpc) is 2.55. The summed E-state index contributed by atoms with van der Waals surface area (Å²) in [5.41, 5.74) is 1.45. The number of urea groups is 1. The number of allylic oxidation sites excluding steroid dienone is 1. The van der Waals surface area contributed by atoms with E-state index in [4.69, 9.17) is 9.47 Å². The van der Waals surface area contributed by atoms with Crippen LogP contribution in [0.4, 0.5) is 9.18 Å². The van der Waals surface area contributed by atoms with E-state index in [9.17, 15) is 14.0 Å². The predicted octanol–water partition coefficient (Wildman–Crippen LogP) is 2.38. The topological polar surface area (TPSA) is 67.9 Å². The highest BCUT2D eigenvalue weighted by atomic mass is 19.1. The van der Waals surface area contributed by atoms with Crippen molar-refractivity contribution in [3.8, 4) is 0 Å². The highest BCUT2D eigenvalue weighted by Crippen LogP contribution is 2.31. The SMILES string of the molecule is CCOC(=O)C1=C(C)N(CCOC)C(=O)NC1c1ccc(F)cc1. The minimum atomic E-state index is -0.684. The highest BCUT2D eigenvalue weighted by Gasteiger charge is 2.36. The third-order valence-corrected chi connectivity index (χ3v) is 3.81. The van der Waals surface area contributed by atoms with Gasteiger partial charge >= 0.3 is 12.0 Å². The fraction of sp³-hybridized carbons (Fsp3) is 0.412. The first-order chi connectivity index (χ1) is 11.5. The van der Waals surface area contributed by atoms with Crippen LogP contribution in [0.1, 0.15) is 25.5 Å². The third kappa shape index (κ3) is 3.73. The van der Waals surface area contributed by atoms with E-state index in [1.165, 1.54) is 36.3 Å². The van der Waals surface area contributed by atoms with Gasteiger partial charge in [0.2, 0.25) is 0 Å². The second-order valence-corrected chi connectivity index (χ2v) is 5.30. The molecule has 1 atom stereocenters. The summed E-state index contributed by atoms with van der Waals surface area (Å²) in [4.78, 5) is 26.2. The van der Waals surface area contributed by atoms with E-state index in [0.717, 1.165) is 0 Å². The van der Waals surface area contributed by atoms with Crippen LogP contribution in [-0.4, -0.2) is 43.8 Å². The standard InChI is InChI=1S/C17H21FN2O4/c1-4-24-16(21)14-11(2)20(9-10-23-3)17(22)19-15(14)12-5-7-13(18)8-6-12/h5-8,15H,4,9-10H2,1-3H3,(H,19,22). The summed E-state index contributed by atoms with van der Waals surface area (Å²) >= 11 is 0. The summed E-state index contributed by atoms with van der Waals surface area (Å²) in [5.74, 6) is -0.896. The van der Waals surface area contributed by atoms with Crippen LogP contribution in [0, 0.1) is 5.82 Å². The first kappa shape index (κ1) is 17.9. The molecule has 2 amide bonds. The van der Waals surface area contributed by atoms with E-state index in [1.54, 1.807) is 13.8 Å². The van der Waals surface area contributed by atoms with Crippen molar-refractivity contribution in [2.45, 2.75) is 19.9 Å². The lowest BCUT2D eigenvalue weighted by atomic mass is 9.95. The molecule has 1 heterocycles. The number of carbonyl (C=O) groups is 2. The number of halogens is 1. The van der Waals surface area contributed by atoms with Crippen LogP contribution in [0.3, 0.4) is 0 Å². The van der Waals surface area contributed by atoms with Gasteiger partial charge in [0.15, 0.2) is 0 Å². The Balaban J connectivity index is 2.45. The number of methoxy groups -OCH3 is 1. The lowest BCUT2D eigenvalue weighted by molar-refractivity contribution is -0.139. The van der Waals surface area contributed by atoms with E-state index in [2.05, 4.69) is 5.32 Å². The van der Waals surface area contributed by atoms with Crippen LogP contribution in [0.25, 0.3) is 0 Å². The van der Waals surface area contributed by atoms with E-state index in [-0.39, 0.29) is 18.5 Å². The van der Waals surface area contributed by atoms with Gasteiger partial charge in [-0.2, -0.15) is 0 Å². The number of hydrogen-bond acceptors (Lipinski definition) is 4. The maximum absolute atomic E-state index is 13.2. The second kappa shape index (κ2) is 7.92. The molecule has 1 aliphatic heterocycles. The molecule has 0 saturated carbocycles.